The van der Waals surface area contributed by atoms with Crippen molar-refractivity contribution in [3.63, 3.8) is 0 Å². The molecule has 0 unspecified atom stereocenters. The molecule has 0 fully saturated rings. The van der Waals surface area contributed by atoms with Crippen molar-refractivity contribution in [3.05, 3.63) is 23.4 Å². The summed E-state index contributed by atoms with van der Waals surface area (Å²) in [4.78, 5) is 17.6. The molecule has 1 heterocycles. The third kappa shape index (κ3) is 4.02. The van der Waals surface area contributed by atoms with Crippen LogP contribution in [0.15, 0.2) is 12.1 Å². The van der Waals surface area contributed by atoms with E-state index < -0.39 is 5.97 Å². The zero-order valence-corrected chi connectivity index (χ0v) is 11.6. The van der Waals surface area contributed by atoms with Crippen LogP contribution in [0.3, 0.4) is 0 Å². The Labute approximate surface area is 109 Å². The average molecular weight is 250 g/mol. The number of rotatable bonds is 6. The lowest BCUT2D eigenvalue weighted by Gasteiger charge is -2.21. The Balaban J connectivity index is 3.05. The van der Waals surface area contributed by atoms with Gasteiger partial charge in [0.1, 0.15) is 5.82 Å². The van der Waals surface area contributed by atoms with E-state index in [-0.39, 0.29) is 0 Å². The van der Waals surface area contributed by atoms with Gasteiger partial charge in [0.15, 0.2) is 0 Å². The fourth-order valence-corrected chi connectivity index (χ4v) is 1.92. The molecule has 100 valence electrons. The van der Waals surface area contributed by atoms with Crippen molar-refractivity contribution in [2.45, 2.75) is 33.6 Å². The van der Waals surface area contributed by atoms with Crippen LogP contribution in [0, 0.1) is 5.92 Å². The van der Waals surface area contributed by atoms with Crippen molar-refractivity contribution < 1.29 is 9.90 Å². The highest BCUT2D eigenvalue weighted by Gasteiger charge is 2.11. The minimum Gasteiger partial charge on any atom is -0.478 e. The standard InChI is InChI=1S/C14H22N2O2/c1-5-6-12-7-11(14(17)18)8-13(15-12)16(4)9-10(2)3/h7-8,10H,5-6,9H2,1-4H3,(H,17,18). The molecule has 1 N–H and O–H groups in total. The van der Waals surface area contributed by atoms with Crippen LogP contribution in [0.4, 0.5) is 5.82 Å². The number of hydrogen-bond donors (Lipinski definition) is 1. The first-order valence-corrected chi connectivity index (χ1v) is 6.39. The van der Waals surface area contributed by atoms with Crippen LogP contribution in [-0.2, 0) is 6.42 Å². The maximum Gasteiger partial charge on any atom is 0.335 e. The zero-order chi connectivity index (χ0) is 13.7. The van der Waals surface area contributed by atoms with Gasteiger partial charge in [-0.1, -0.05) is 27.2 Å². The van der Waals surface area contributed by atoms with Crippen LogP contribution < -0.4 is 4.90 Å². The van der Waals surface area contributed by atoms with Gasteiger partial charge in [0.05, 0.1) is 5.56 Å². The molecule has 0 spiro atoms. The van der Waals surface area contributed by atoms with E-state index in [0.717, 1.165) is 30.9 Å². The summed E-state index contributed by atoms with van der Waals surface area (Å²) in [6.07, 6.45) is 1.77. The molecule has 0 amide bonds. The second-order valence-electron chi connectivity index (χ2n) is 5.03. The Morgan fingerprint density at radius 2 is 2.11 bits per heavy atom. The number of aromatic nitrogens is 1. The van der Waals surface area contributed by atoms with Gasteiger partial charge in [-0.2, -0.15) is 0 Å². The van der Waals surface area contributed by atoms with Crippen LogP contribution in [0.25, 0.3) is 0 Å². The van der Waals surface area contributed by atoms with E-state index >= 15 is 0 Å². The first-order valence-electron chi connectivity index (χ1n) is 6.39. The summed E-state index contributed by atoms with van der Waals surface area (Å²) in [7, 11) is 1.95. The normalized spacial score (nSPS) is 10.7. The summed E-state index contributed by atoms with van der Waals surface area (Å²) in [5.74, 6) is 0.362. The van der Waals surface area contributed by atoms with E-state index in [2.05, 4.69) is 25.8 Å². The Morgan fingerprint density at radius 1 is 1.44 bits per heavy atom. The zero-order valence-electron chi connectivity index (χ0n) is 11.6. The number of hydrogen-bond acceptors (Lipinski definition) is 3. The molecule has 0 aliphatic rings. The molecule has 0 radical (unpaired) electrons. The molecule has 1 aromatic rings. The first-order chi connectivity index (χ1) is 8.43. The summed E-state index contributed by atoms with van der Waals surface area (Å²) >= 11 is 0. The van der Waals surface area contributed by atoms with Crippen LogP contribution in [0.5, 0.6) is 0 Å². The molecule has 4 nitrogen and oxygen atoms in total. The predicted octanol–water partition coefficient (Wildman–Crippen LogP) is 2.82. The highest BCUT2D eigenvalue weighted by Crippen LogP contribution is 2.16. The van der Waals surface area contributed by atoms with E-state index in [1.807, 2.05) is 11.9 Å². The van der Waals surface area contributed by atoms with Crippen LogP contribution in [0.2, 0.25) is 0 Å². The quantitative estimate of drug-likeness (QED) is 0.843. The van der Waals surface area contributed by atoms with Crippen LogP contribution in [-0.4, -0.2) is 29.7 Å². The van der Waals surface area contributed by atoms with Gasteiger partial charge < -0.3 is 10.0 Å². The van der Waals surface area contributed by atoms with Gasteiger partial charge >= 0.3 is 5.97 Å². The summed E-state index contributed by atoms with van der Waals surface area (Å²) < 4.78 is 0. The smallest absolute Gasteiger partial charge is 0.335 e. The fourth-order valence-electron chi connectivity index (χ4n) is 1.92. The number of aromatic carboxylic acids is 1. The summed E-state index contributed by atoms with van der Waals surface area (Å²) in [5, 5.41) is 9.12. The molecule has 4 heteroatoms. The van der Waals surface area contributed by atoms with E-state index in [9.17, 15) is 4.79 Å². The number of carboxylic acid groups (broad SMARTS) is 1. The second-order valence-corrected chi connectivity index (χ2v) is 5.03. The molecule has 0 bridgehead atoms. The SMILES string of the molecule is CCCc1cc(C(=O)O)cc(N(C)CC(C)C)n1. The summed E-state index contributed by atoms with van der Waals surface area (Å²) in [6.45, 7) is 7.18. The predicted molar refractivity (Wildman–Crippen MR) is 73.3 cm³/mol. The maximum absolute atomic E-state index is 11.1. The van der Waals surface area contributed by atoms with E-state index in [4.69, 9.17) is 5.11 Å². The molecule has 1 rings (SSSR count). The molecule has 0 aliphatic heterocycles. The molecular weight excluding hydrogens is 228 g/mol. The second kappa shape index (κ2) is 6.38. The van der Waals surface area contributed by atoms with Crippen molar-refractivity contribution >= 4 is 11.8 Å². The highest BCUT2D eigenvalue weighted by molar-refractivity contribution is 5.88. The third-order valence-electron chi connectivity index (χ3n) is 2.65. The molecule has 0 aliphatic carbocycles. The van der Waals surface area contributed by atoms with Gasteiger partial charge in [0.2, 0.25) is 0 Å². The van der Waals surface area contributed by atoms with Crippen LogP contribution in [0.1, 0.15) is 43.2 Å². The molecule has 18 heavy (non-hydrogen) atoms. The minimum absolute atomic E-state index is 0.319. The summed E-state index contributed by atoms with van der Waals surface area (Å²) in [6, 6.07) is 3.31. The monoisotopic (exact) mass is 250 g/mol. The summed E-state index contributed by atoms with van der Waals surface area (Å²) in [5.41, 5.74) is 1.17. The van der Waals surface area contributed by atoms with Gasteiger partial charge in [-0.05, 0) is 24.5 Å². The Hall–Kier alpha value is -1.58. The van der Waals surface area contributed by atoms with Gasteiger partial charge in [-0.25, -0.2) is 9.78 Å². The molecule has 1 aromatic heterocycles. The third-order valence-corrected chi connectivity index (χ3v) is 2.65. The number of aryl methyl sites for hydroxylation is 1. The maximum atomic E-state index is 11.1. The largest absolute Gasteiger partial charge is 0.478 e. The molecule has 0 saturated heterocycles. The lowest BCUT2D eigenvalue weighted by Crippen LogP contribution is -2.24. The number of pyridine rings is 1. The number of anilines is 1. The molecule has 0 saturated carbocycles. The number of carbonyl (C=O) groups is 1. The van der Waals surface area contributed by atoms with Gasteiger partial charge in [-0.15, -0.1) is 0 Å². The van der Waals surface area contributed by atoms with Gasteiger partial charge in [0.25, 0.3) is 0 Å². The van der Waals surface area contributed by atoms with E-state index in [0.29, 0.717) is 11.5 Å². The van der Waals surface area contributed by atoms with Crippen molar-refractivity contribution in [1.29, 1.82) is 0 Å². The minimum atomic E-state index is -0.894. The molecule has 0 aromatic carbocycles. The van der Waals surface area contributed by atoms with Crippen molar-refractivity contribution in [3.8, 4) is 0 Å². The highest BCUT2D eigenvalue weighted by atomic mass is 16.4. The lowest BCUT2D eigenvalue weighted by molar-refractivity contribution is 0.0696. The number of nitrogens with zero attached hydrogens (tertiary/aromatic N) is 2. The Bertz CT molecular complexity index is 416. The Kier molecular flexibility index (Phi) is 5.13. The van der Waals surface area contributed by atoms with E-state index in [1.54, 1.807) is 12.1 Å². The van der Waals surface area contributed by atoms with E-state index in [1.165, 1.54) is 0 Å². The fraction of sp³-hybridized carbons (Fsp3) is 0.571. The van der Waals surface area contributed by atoms with Crippen LogP contribution >= 0.6 is 0 Å². The molecule has 0 atom stereocenters. The van der Waals surface area contributed by atoms with Crippen molar-refractivity contribution in [2.24, 2.45) is 5.92 Å². The average Bonchev–Trinajstić information content (AvgIpc) is 2.28. The Morgan fingerprint density at radius 3 is 2.61 bits per heavy atom. The van der Waals surface area contributed by atoms with Gasteiger partial charge in [-0.3, -0.25) is 0 Å². The number of carboxylic acids is 1. The van der Waals surface area contributed by atoms with Crippen molar-refractivity contribution in [1.82, 2.24) is 4.98 Å². The first kappa shape index (κ1) is 14.5. The lowest BCUT2D eigenvalue weighted by atomic mass is 10.1. The van der Waals surface area contributed by atoms with Crippen molar-refractivity contribution in [2.75, 3.05) is 18.5 Å². The molecular formula is C14H22N2O2. The topological polar surface area (TPSA) is 53.4 Å². The van der Waals surface area contributed by atoms with Gasteiger partial charge in [0, 0.05) is 19.3 Å².